The highest BCUT2D eigenvalue weighted by Crippen LogP contribution is 2.14. The van der Waals surface area contributed by atoms with Crippen molar-refractivity contribution in [2.24, 2.45) is 0 Å². The van der Waals surface area contributed by atoms with Crippen molar-refractivity contribution >= 4 is 0 Å². The maximum absolute atomic E-state index is 5.59. The smallest absolute Gasteiger partial charge is 0.209 e. The molecule has 1 rings (SSSR count). The predicted octanol–water partition coefficient (Wildman–Crippen LogP) is 2.32. The second-order valence-electron chi connectivity index (χ2n) is 3.93. The first-order chi connectivity index (χ1) is 7.88. The van der Waals surface area contributed by atoms with Crippen molar-refractivity contribution in [3.8, 4) is 0 Å². The minimum Gasteiger partial charge on any atom is -0.348 e. The molecule has 0 radical (unpaired) electrons. The fraction of sp³-hybridized carbons (Fsp3) is 1.00. The van der Waals surface area contributed by atoms with E-state index in [1.165, 1.54) is 0 Å². The van der Waals surface area contributed by atoms with Gasteiger partial charge in [-0.15, -0.1) is 0 Å². The van der Waals surface area contributed by atoms with E-state index in [0.717, 1.165) is 25.7 Å². The van der Waals surface area contributed by atoms with E-state index in [0.29, 0.717) is 26.4 Å². The molecule has 1 saturated heterocycles. The summed E-state index contributed by atoms with van der Waals surface area (Å²) in [5.74, 6) is 0. The molecule has 1 heterocycles. The number of ether oxygens (including phenoxy) is 4. The Balaban J connectivity index is 2.20. The summed E-state index contributed by atoms with van der Waals surface area (Å²) < 4.78 is 22.2. The van der Waals surface area contributed by atoms with Crippen LogP contribution in [0, 0.1) is 0 Å². The molecule has 0 saturated carbocycles. The van der Waals surface area contributed by atoms with Gasteiger partial charge in [-0.3, -0.25) is 0 Å². The Morgan fingerprint density at radius 1 is 0.875 bits per heavy atom. The van der Waals surface area contributed by atoms with Crippen molar-refractivity contribution in [1.29, 1.82) is 0 Å². The average molecular weight is 232 g/mol. The molecular formula is C12H24O4. The van der Waals surface area contributed by atoms with Crippen LogP contribution in [0.25, 0.3) is 0 Å². The van der Waals surface area contributed by atoms with Gasteiger partial charge in [0.25, 0.3) is 0 Å². The van der Waals surface area contributed by atoms with E-state index in [9.17, 15) is 0 Å². The van der Waals surface area contributed by atoms with Crippen molar-refractivity contribution < 1.29 is 18.9 Å². The highest BCUT2D eigenvalue weighted by Gasteiger charge is 2.28. The molecule has 0 unspecified atom stereocenters. The van der Waals surface area contributed by atoms with Crippen LogP contribution in [0.3, 0.4) is 0 Å². The maximum atomic E-state index is 5.59. The minimum absolute atomic E-state index is 0.350. The molecule has 2 atom stereocenters. The molecule has 4 nitrogen and oxygen atoms in total. The van der Waals surface area contributed by atoms with Gasteiger partial charge in [-0.2, -0.15) is 0 Å². The van der Waals surface area contributed by atoms with Crippen LogP contribution in [-0.4, -0.2) is 39.0 Å². The summed E-state index contributed by atoms with van der Waals surface area (Å²) >= 11 is 0. The van der Waals surface area contributed by atoms with Gasteiger partial charge in [-0.25, -0.2) is 0 Å². The van der Waals surface area contributed by atoms with E-state index in [1.54, 1.807) is 0 Å². The summed E-state index contributed by atoms with van der Waals surface area (Å²) in [4.78, 5) is 0. The monoisotopic (exact) mass is 232 g/mol. The van der Waals surface area contributed by atoms with Crippen molar-refractivity contribution in [2.75, 3.05) is 26.4 Å². The lowest BCUT2D eigenvalue weighted by Gasteiger charge is -2.31. The van der Waals surface area contributed by atoms with Crippen LogP contribution in [-0.2, 0) is 18.9 Å². The van der Waals surface area contributed by atoms with Crippen LogP contribution in [0.4, 0.5) is 0 Å². The predicted molar refractivity (Wildman–Crippen MR) is 61.2 cm³/mol. The Hall–Kier alpha value is -0.160. The molecule has 1 aliphatic heterocycles. The largest absolute Gasteiger partial charge is 0.348 e. The summed E-state index contributed by atoms with van der Waals surface area (Å²) in [5.41, 5.74) is 0. The van der Waals surface area contributed by atoms with Crippen LogP contribution in [0.2, 0.25) is 0 Å². The molecular weight excluding hydrogens is 208 g/mol. The Morgan fingerprint density at radius 3 is 1.69 bits per heavy atom. The Morgan fingerprint density at radius 2 is 1.31 bits per heavy atom. The van der Waals surface area contributed by atoms with Gasteiger partial charge in [0.1, 0.15) is 0 Å². The zero-order valence-corrected chi connectivity index (χ0v) is 10.4. The summed E-state index contributed by atoms with van der Waals surface area (Å²) in [7, 11) is 0. The lowest BCUT2D eigenvalue weighted by molar-refractivity contribution is -0.320. The standard InChI is InChI=1S/C12H24O4/c1-3-5-7-13-11-12(14-8-6-4-2)16-10-9-15-11/h11-12H,3-10H2,1-2H3/t11-,12+. The van der Waals surface area contributed by atoms with Gasteiger partial charge in [0.05, 0.1) is 13.2 Å². The van der Waals surface area contributed by atoms with Crippen LogP contribution >= 0.6 is 0 Å². The highest BCUT2D eigenvalue weighted by molar-refractivity contribution is 4.57. The topological polar surface area (TPSA) is 36.9 Å². The summed E-state index contributed by atoms with van der Waals surface area (Å²) in [5, 5.41) is 0. The molecule has 1 fully saturated rings. The molecule has 0 aromatic rings. The fourth-order valence-electron chi connectivity index (χ4n) is 1.43. The molecule has 0 spiro atoms. The van der Waals surface area contributed by atoms with Crippen molar-refractivity contribution in [3.63, 3.8) is 0 Å². The van der Waals surface area contributed by atoms with Crippen LogP contribution in [0.1, 0.15) is 39.5 Å². The first-order valence-electron chi connectivity index (χ1n) is 6.35. The SMILES string of the molecule is CCCCO[C@@H]1OCCO[C@@H]1OCCCC. The fourth-order valence-corrected chi connectivity index (χ4v) is 1.43. The highest BCUT2D eigenvalue weighted by atomic mass is 16.8. The molecule has 0 aromatic heterocycles. The molecule has 0 aromatic carbocycles. The van der Waals surface area contributed by atoms with Gasteiger partial charge in [-0.1, -0.05) is 26.7 Å². The van der Waals surface area contributed by atoms with Gasteiger partial charge in [0, 0.05) is 13.2 Å². The van der Waals surface area contributed by atoms with Crippen LogP contribution < -0.4 is 0 Å². The first-order valence-corrected chi connectivity index (χ1v) is 6.35. The van der Waals surface area contributed by atoms with E-state index < -0.39 is 0 Å². The molecule has 0 bridgehead atoms. The molecule has 96 valence electrons. The van der Waals surface area contributed by atoms with E-state index in [1.807, 2.05) is 0 Å². The summed E-state index contributed by atoms with van der Waals surface area (Å²) in [6.07, 6.45) is 3.63. The van der Waals surface area contributed by atoms with Crippen LogP contribution in [0.5, 0.6) is 0 Å². The third-order valence-corrected chi connectivity index (χ3v) is 2.43. The van der Waals surface area contributed by atoms with E-state index in [-0.39, 0.29) is 12.6 Å². The van der Waals surface area contributed by atoms with Crippen LogP contribution in [0.15, 0.2) is 0 Å². The van der Waals surface area contributed by atoms with Gasteiger partial charge >= 0.3 is 0 Å². The molecule has 0 N–H and O–H groups in total. The summed E-state index contributed by atoms with van der Waals surface area (Å²) in [6.45, 7) is 6.86. The Kier molecular flexibility index (Phi) is 7.76. The van der Waals surface area contributed by atoms with Gasteiger partial charge in [0.2, 0.25) is 12.6 Å². The third kappa shape index (κ3) is 5.25. The Bertz CT molecular complexity index is 145. The average Bonchev–Trinajstić information content (AvgIpc) is 2.32. The Labute approximate surface area is 98.2 Å². The molecule has 0 aliphatic carbocycles. The number of hydrogen-bond acceptors (Lipinski definition) is 4. The van der Waals surface area contributed by atoms with E-state index in [4.69, 9.17) is 18.9 Å². The second kappa shape index (κ2) is 8.93. The van der Waals surface area contributed by atoms with E-state index in [2.05, 4.69) is 13.8 Å². The molecule has 4 heteroatoms. The summed E-state index contributed by atoms with van der Waals surface area (Å²) in [6, 6.07) is 0. The van der Waals surface area contributed by atoms with E-state index >= 15 is 0 Å². The van der Waals surface area contributed by atoms with Gasteiger partial charge in [-0.05, 0) is 12.8 Å². The lowest BCUT2D eigenvalue weighted by Crippen LogP contribution is -2.42. The lowest BCUT2D eigenvalue weighted by atomic mass is 10.3. The second-order valence-corrected chi connectivity index (χ2v) is 3.93. The quantitative estimate of drug-likeness (QED) is 0.602. The van der Waals surface area contributed by atoms with Crippen molar-refractivity contribution in [3.05, 3.63) is 0 Å². The zero-order chi connectivity index (χ0) is 11.6. The molecule has 1 aliphatic rings. The number of hydrogen-bond donors (Lipinski definition) is 0. The third-order valence-electron chi connectivity index (χ3n) is 2.43. The first kappa shape index (κ1) is 13.9. The van der Waals surface area contributed by atoms with Gasteiger partial charge < -0.3 is 18.9 Å². The van der Waals surface area contributed by atoms with Gasteiger partial charge in [0.15, 0.2) is 0 Å². The zero-order valence-electron chi connectivity index (χ0n) is 10.4. The number of unbranched alkanes of at least 4 members (excludes halogenated alkanes) is 2. The number of rotatable bonds is 8. The van der Waals surface area contributed by atoms with Crippen molar-refractivity contribution in [2.45, 2.75) is 52.1 Å². The molecule has 16 heavy (non-hydrogen) atoms. The minimum atomic E-state index is -0.350. The molecule has 0 amide bonds. The van der Waals surface area contributed by atoms with Crippen molar-refractivity contribution in [1.82, 2.24) is 0 Å². The maximum Gasteiger partial charge on any atom is 0.209 e. The normalized spacial score (nSPS) is 25.9.